The van der Waals surface area contributed by atoms with E-state index in [-0.39, 0.29) is 0 Å². The molecule has 0 amide bonds. The van der Waals surface area contributed by atoms with Crippen LogP contribution >= 0.6 is 0 Å². The quantitative estimate of drug-likeness (QED) is 0.676. The molecule has 2 aliphatic rings. The number of fused-ring (bicyclic) bond motifs is 1. The summed E-state index contributed by atoms with van der Waals surface area (Å²) in [5.74, 6) is 1.62. The molecule has 1 unspecified atom stereocenters. The minimum atomic E-state index is 0.552. The van der Waals surface area contributed by atoms with Gasteiger partial charge in [-0.25, -0.2) is 4.98 Å². The smallest absolute Gasteiger partial charge is 0.129 e. The monoisotopic (exact) mass is 201 g/mol. The summed E-state index contributed by atoms with van der Waals surface area (Å²) in [5, 5.41) is 6.72. The molecule has 2 aliphatic heterocycles. The van der Waals surface area contributed by atoms with Gasteiger partial charge in [0.2, 0.25) is 0 Å². The Morgan fingerprint density at radius 2 is 2.40 bits per heavy atom. The minimum Gasteiger partial charge on any atom is -0.369 e. The van der Waals surface area contributed by atoms with Gasteiger partial charge in [0.15, 0.2) is 0 Å². The summed E-state index contributed by atoms with van der Waals surface area (Å²) in [4.78, 5) is 4.35. The summed E-state index contributed by atoms with van der Waals surface area (Å²) < 4.78 is 0. The molecule has 0 saturated carbocycles. The van der Waals surface area contributed by atoms with Gasteiger partial charge >= 0.3 is 0 Å². The van der Waals surface area contributed by atoms with Crippen LogP contribution in [-0.4, -0.2) is 24.6 Å². The Hall–Kier alpha value is -1.35. The predicted molar refractivity (Wildman–Crippen MR) is 61.0 cm³/mol. The van der Waals surface area contributed by atoms with E-state index in [2.05, 4.69) is 27.8 Å². The SMILES string of the molecule is C1=C(C2CNc3ncccc32)CCNC1. The van der Waals surface area contributed by atoms with Crippen molar-refractivity contribution in [3.05, 3.63) is 35.5 Å². The average Bonchev–Trinajstić information content (AvgIpc) is 2.74. The third-order valence-electron chi connectivity index (χ3n) is 3.23. The third kappa shape index (κ3) is 1.53. The first-order chi connectivity index (χ1) is 7.45. The van der Waals surface area contributed by atoms with Crippen molar-refractivity contribution in [2.75, 3.05) is 25.0 Å². The third-order valence-corrected chi connectivity index (χ3v) is 3.23. The van der Waals surface area contributed by atoms with Gasteiger partial charge in [0.05, 0.1) is 0 Å². The van der Waals surface area contributed by atoms with Crippen LogP contribution in [0.4, 0.5) is 5.82 Å². The molecule has 3 rings (SSSR count). The Bertz CT molecular complexity index is 398. The lowest BCUT2D eigenvalue weighted by Crippen LogP contribution is -2.23. The van der Waals surface area contributed by atoms with Crippen molar-refractivity contribution in [1.82, 2.24) is 10.3 Å². The fourth-order valence-electron chi connectivity index (χ4n) is 2.44. The van der Waals surface area contributed by atoms with E-state index in [1.807, 2.05) is 12.3 Å². The van der Waals surface area contributed by atoms with Crippen LogP contribution in [0.25, 0.3) is 0 Å². The molecule has 3 heteroatoms. The predicted octanol–water partition coefficient (Wildman–Crippen LogP) is 1.51. The van der Waals surface area contributed by atoms with Gasteiger partial charge in [-0.3, -0.25) is 0 Å². The molecule has 78 valence electrons. The number of nitrogens with zero attached hydrogens (tertiary/aromatic N) is 1. The van der Waals surface area contributed by atoms with E-state index in [4.69, 9.17) is 0 Å². The Kier molecular flexibility index (Phi) is 2.18. The highest BCUT2D eigenvalue weighted by molar-refractivity contribution is 5.55. The fraction of sp³-hybridized carbons (Fsp3) is 0.417. The van der Waals surface area contributed by atoms with Crippen LogP contribution < -0.4 is 10.6 Å². The Labute approximate surface area is 89.6 Å². The van der Waals surface area contributed by atoms with Gasteiger partial charge in [0.1, 0.15) is 5.82 Å². The molecular formula is C12H15N3. The summed E-state index contributed by atoms with van der Waals surface area (Å²) in [6.45, 7) is 3.14. The normalized spacial score (nSPS) is 24.3. The van der Waals surface area contributed by atoms with Crippen LogP contribution in [0.3, 0.4) is 0 Å². The molecule has 0 radical (unpaired) electrons. The zero-order chi connectivity index (χ0) is 10.1. The van der Waals surface area contributed by atoms with Crippen LogP contribution in [0.2, 0.25) is 0 Å². The topological polar surface area (TPSA) is 37.0 Å². The highest BCUT2D eigenvalue weighted by Crippen LogP contribution is 2.35. The number of hydrogen-bond donors (Lipinski definition) is 2. The van der Waals surface area contributed by atoms with Crippen molar-refractivity contribution < 1.29 is 0 Å². The molecular weight excluding hydrogens is 186 g/mol. The van der Waals surface area contributed by atoms with Crippen LogP contribution in [0, 0.1) is 0 Å². The largest absolute Gasteiger partial charge is 0.369 e. The first-order valence-corrected chi connectivity index (χ1v) is 5.53. The highest BCUT2D eigenvalue weighted by Gasteiger charge is 2.26. The van der Waals surface area contributed by atoms with Crippen molar-refractivity contribution in [3.8, 4) is 0 Å². The summed E-state index contributed by atoms with van der Waals surface area (Å²) in [7, 11) is 0. The zero-order valence-corrected chi connectivity index (χ0v) is 8.66. The fourth-order valence-corrected chi connectivity index (χ4v) is 2.44. The standard InChI is InChI=1S/C12H15N3/c1-2-10-11(8-15-12(10)14-5-1)9-3-6-13-7-4-9/h1-3,5,11,13H,4,6-8H2,(H,14,15). The molecule has 0 bridgehead atoms. The second-order valence-corrected chi connectivity index (χ2v) is 4.11. The molecule has 2 N–H and O–H groups in total. The van der Waals surface area contributed by atoms with Crippen LogP contribution in [0.5, 0.6) is 0 Å². The number of pyridine rings is 1. The summed E-state index contributed by atoms with van der Waals surface area (Å²) in [6.07, 6.45) is 5.35. The van der Waals surface area contributed by atoms with E-state index in [0.717, 1.165) is 25.5 Å². The molecule has 0 spiro atoms. The molecule has 1 atom stereocenters. The maximum absolute atomic E-state index is 4.35. The first-order valence-electron chi connectivity index (χ1n) is 5.53. The summed E-state index contributed by atoms with van der Waals surface area (Å²) in [5.41, 5.74) is 2.93. The highest BCUT2D eigenvalue weighted by atomic mass is 15.0. The number of aromatic nitrogens is 1. The molecule has 1 aromatic heterocycles. The van der Waals surface area contributed by atoms with Crippen molar-refractivity contribution in [1.29, 1.82) is 0 Å². The number of hydrogen-bond acceptors (Lipinski definition) is 3. The van der Waals surface area contributed by atoms with Gasteiger partial charge in [-0.05, 0) is 19.0 Å². The summed E-state index contributed by atoms with van der Waals surface area (Å²) >= 11 is 0. The molecule has 15 heavy (non-hydrogen) atoms. The lowest BCUT2D eigenvalue weighted by molar-refractivity contribution is 0.662. The van der Waals surface area contributed by atoms with E-state index < -0.39 is 0 Å². The second-order valence-electron chi connectivity index (χ2n) is 4.11. The lowest BCUT2D eigenvalue weighted by atomic mass is 9.90. The molecule has 0 aliphatic carbocycles. The minimum absolute atomic E-state index is 0.552. The van der Waals surface area contributed by atoms with E-state index in [9.17, 15) is 0 Å². The van der Waals surface area contributed by atoms with E-state index in [1.165, 1.54) is 12.0 Å². The Morgan fingerprint density at radius 3 is 3.27 bits per heavy atom. The van der Waals surface area contributed by atoms with Gasteiger partial charge in [0.25, 0.3) is 0 Å². The van der Waals surface area contributed by atoms with Gasteiger partial charge < -0.3 is 10.6 Å². The first kappa shape index (κ1) is 8.92. The Morgan fingerprint density at radius 1 is 1.40 bits per heavy atom. The molecule has 0 fully saturated rings. The van der Waals surface area contributed by atoms with Crippen LogP contribution in [0.1, 0.15) is 17.9 Å². The van der Waals surface area contributed by atoms with Crippen molar-refractivity contribution in [3.63, 3.8) is 0 Å². The molecule has 0 saturated heterocycles. The zero-order valence-electron chi connectivity index (χ0n) is 8.66. The van der Waals surface area contributed by atoms with Crippen molar-refractivity contribution >= 4 is 5.82 Å². The van der Waals surface area contributed by atoms with E-state index >= 15 is 0 Å². The van der Waals surface area contributed by atoms with Crippen LogP contribution in [-0.2, 0) is 0 Å². The second kappa shape index (κ2) is 3.66. The maximum Gasteiger partial charge on any atom is 0.129 e. The Balaban J connectivity index is 1.93. The van der Waals surface area contributed by atoms with Gasteiger partial charge in [-0.15, -0.1) is 0 Å². The van der Waals surface area contributed by atoms with Gasteiger partial charge in [-0.1, -0.05) is 17.7 Å². The molecule has 3 nitrogen and oxygen atoms in total. The van der Waals surface area contributed by atoms with Crippen molar-refractivity contribution in [2.24, 2.45) is 0 Å². The lowest BCUT2D eigenvalue weighted by Gasteiger charge is -2.19. The maximum atomic E-state index is 4.35. The van der Waals surface area contributed by atoms with E-state index in [0.29, 0.717) is 5.92 Å². The summed E-state index contributed by atoms with van der Waals surface area (Å²) in [6, 6.07) is 4.22. The van der Waals surface area contributed by atoms with E-state index in [1.54, 1.807) is 5.57 Å². The van der Waals surface area contributed by atoms with Crippen LogP contribution in [0.15, 0.2) is 30.0 Å². The molecule has 3 heterocycles. The van der Waals surface area contributed by atoms with Gasteiger partial charge in [-0.2, -0.15) is 0 Å². The van der Waals surface area contributed by atoms with Gasteiger partial charge in [0, 0.05) is 30.8 Å². The molecule has 0 aromatic carbocycles. The number of nitrogens with one attached hydrogen (secondary N) is 2. The number of rotatable bonds is 1. The molecule has 1 aromatic rings. The number of anilines is 1. The average molecular weight is 201 g/mol. The van der Waals surface area contributed by atoms with Crippen molar-refractivity contribution in [2.45, 2.75) is 12.3 Å².